The molecular weight excluding hydrogens is 358 g/mol. The van der Waals surface area contributed by atoms with Crippen molar-refractivity contribution in [2.45, 2.75) is 0 Å². The fraction of sp³-hybridized carbons (Fsp3) is 0.0526. The van der Waals surface area contributed by atoms with Crippen LogP contribution in [0.3, 0.4) is 0 Å². The van der Waals surface area contributed by atoms with E-state index in [-0.39, 0.29) is 11.1 Å². The third kappa shape index (κ3) is 3.95. The van der Waals surface area contributed by atoms with E-state index in [4.69, 9.17) is 16.3 Å². The monoisotopic (exact) mass is 371 g/mol. The van der Waals surface area contributed by atoms with Crippen molar-refractivity contribution in [3.63, 3.8) is 0 Å². The highest BCUT2D eigenvalue weighted by Gasteiger charge is 2.36. The smallest absolute Gasteiger partial charge is 0.298 e. The number of amides is 2. The highest BCUT2D eigenvalue weighted by Crippen LogP contribution is 2.36. The van der Waals surface area contributed by atoms with Crippen molar-refractivity contribution in [3.05, 3.63) is 76.7 Å². The average Bonchev–Trinajstić information content (AvgIpc) is 2.89. The molecule has 0 saturated carbocycles. The zero-order valence-electron chi connectivity index (χ0n) is 13.1. The Morgan fingerprint density at radius 2 is 1.76 bits per heavy atom. The summed E-state index contributed by atoms with van der Waals surface area (Å²) in [6.07, 6.45) is 3.36. The minimum absolute atomic E-state index is 0.329. The van der Waals surface area contributed by atoms with E-state index in [0.29, 0.717) is 28.0 Å². The molecule has 3 rings (SSSR count). The first kappa shape index (κ1) is 17.3. The molecule has 6 heteroatoms. The number of nitrogens with zero attached hydrogens (tertiary/aromatic N) is 1. The minimum Gasteiger partial charge on any atom is -0.490 e. The Morgan fingerprint density at radius 3 is 2.40 bits per heavy atom. The van der Waals surface area contributed by atoms with Gasteiger partial charge in [-0.3, -0.25) is 9.59 Å². The predicted molar refractivity (Wildman–Crippen MR) is 102 cm³/mol. The molecule has 0 aliphatic carbocycles. The molecule has 4 nitrogen and oxygen atoms in total. The van der Waals surface area contributed by atoms with Crippen LogP contribution in [0, 0.1) is 0 Å². The minimum atomic E-state index is -0.343. The number of halogens is 1. The molecule has 2 aromatic rings. The van der Waals surface area contributed by atoms with Crippen LogP contribution in [0.4, 0.5) is 10.5 Å². The lowest BCUT2D eigenvalue weighted by atomic mass is 10.2. The van der Waals surface area contributed by atoms with Gasteiger partial charge < -0.3 is 4.74 Å². The fourth-order valence-electron chi connectivity index (χ4n) is 2.25. The molecule has 1 fully saturated rings. The standard InChI is InChI=1S/C19H14ClNO3S/c1-2-11-24-16-9-3-13(4-10-16)12-17-18(22)21(19(23)25-17)15-7-5-14(20)6-8-15/h2-10,12H,1,11H2/b17-12-. The molecule has 1 saturated heterocycles. The summed E-state index contributed by atoms with van der Waals surface area (Å²) in [5.41, 5.74) is 1.32. The third-order valence-electron chi connectivity index (χ3n) is 3.42. The number of anilines is 1. The number of benzene rings is 2. The number of ether oxygens (including phenoxy) is 1. The molecular formula is C19H14ClNO3S. The highest BCUT2D eigenvalue weighted by atomic mass is 35.5. The molecule has 126 valence electrons. The Kier molecular flexibility index (Phi) is 5.26. The maximum absolute atomic E-state index is 12.6. The van der Waals surface area contributed by atoms with Gasteiger partial charge in [0, 0.05) is 5.02 Å². The Hall–Kier alpha value is -2.50. The fourth-order valence-corrected chi connectivity index (χ4v) is 3.21. The first-order valence-corrected chi connectivity index (χ1v) is 8.65. The van der Waals surface area contributed by atoms with Crippen molar-refractivity contribution in [2.75, 3.05) is 11.5 Å². The molecule has 0 spiro atoms. The Labute approximate surface area is 154 Å². The normalized spacial score (nSPS) is 15.7. The first-order chi connectivity index (χ1) is 12.1. The molecule has 0 aromatic heterocycles. The summed E-state index contributed by atoms with van der Waals surface area (Å²) in [6, 6.07) is 13.8. The van der Waals surface area contributed by atoms with Crippen LogP contribution >= 0.6 is 23.4 Å². The van der Waals surface area contributed by atoms with Crippen molar-refractivity contribution in [3.8, 4) is 5.75 Å². The second kappa shape index (κ2) is 7.59. The van der Waals surface area contributed by atoms with Crippen LogP contribution in [-0.4, -0.2) is 17.8 Å². The van der Waals surface area contributed by atoms with E-state index in [1.165, 1.54) is 0 Å². The molecule has 1 aliphatic rings. The SMILES string of the molecule is C=CCOc1ccc(/C=C2\SC(=O)N(c3ccc(Cl)cc3)C2=O)cc1. The van der Waals surface area contributed by atoms with E-state index in [0.717, 1.165) is 22.2 Å². The molecule has 2 amide bonds. The highest BCUT2D eigenvalue weighted by molar-refractivity contribution is 8.19. The summed E-state index contributed by atoms with van der Waals surface area (Å²) in [4.78, 5) is 26.3. The average molecular weight is 372 g/mol. The molecule has 0 atom stereocenters. The summed E-state index contributed by atoms with van der Waals surface area (Å²) < 4.78 is 5.42. The zero-order chi connectivity index (χ0) is 17.8. The van der Waals surface area contributed by atoms with Gasteiger partial charge in [0.25, 0.3) is 11.1 Å². The van der Waals surface area contributed by atoms with Crippen molar-refractivity contribution >= 4 is 46.3 Å². The third-order valence-corrected chi connectivity index (χ3v) is 4.55. The molecule has 0 bridgehead atoms. The number of carbonyl (C=O) groups excluding carboxylic acids is 2. The van der Waals surface area contributed by atoms with Crippen LogP contribution in [0.25, 0.3) is 6.08 Å². The second-order valence-corrected chi connectivity index (χ2v) is 6.59. The summed E-state index contributed by atoms with van der Waals surface area (Å²) in [7, 11) is 0. The largest absolute Gasteiger partial charge is 0.490 e. The van der Waals surface area contributed by atoms with Crippen LogP contribution in [-0.2, 0) is 4.79 Å². The molecule has 1 heterocycles. The number of thioether (sulfide) groups is 1. The van der Waals surface area contributed by atoms with Gasteiger partial charge in [-0.25, -0.2) is 4.90 Å². The predicted octanol–water partition coefficient (Wildman–Crippen LogP) is 5.15. The number of hydrogen-bond acceptors (Lipinski definition) is 4. The van der Waals surface area contributed by atoms with Gasteiger partial charge in [-0.2, -0.15) is 0 Å². The lowest BCUT2D eigenvalue weighted by Gasteiger charge is -2.12. The van der Waals surface area contributed by atoms with E-state index in [9.17, 15) is 9.59 Å². The topological polar surface area (TPSA) is 46.6 Å². The van der Waals surface area contributed by atoms with Gasteiger partial charge in [-0.05, 0) is 59.8 Å². The van der Waals surface area contributed by atoms with Gasteiger partial charge in [0.1, 0.15) is 12.4 Å². The zero-order valence-corrected chi connectivity index (χ0v) is 14.7. The van der Waals surface area contributed by atoms with E-state index < -0.39 is 0 Å². The quantitative estimate of drug-likeness (QED) is 0.539. The van der Waals surface area contributed by atoms with Gasteiger partial charge >= 0.3 is 0 Å². The van der Waals surface area contributed by atoms with Gasteiger partial charge in [-0.1, -0.05) is 36.4 Å². The molecule has 2 aromatic carbocycles. The van der Waals surface area contributed by atoms with Crippen LogP contribution in [0.5, 0.6) is 5.75 Å². The lowest BCUT2D eigenvalue weighted by Crippen LogP contribution is -2.27. The summed E-state index contributed by atoms with van der Waals surface area (Å²) in [5.74, 6) is 0.371. The van der Waals surface area contributed by atoms with Crippen molar-refractivity contribution in [1.29, 1.82) is 0 Å². The van der Waals surface area contributed by atoms with E-state index in [1.807, 2.05) is 12.1 Å². The Bertz CT molecular complexity index is 844. The van der Waals surface area contributed by atoms with Crippen LogP contribution in [0.15, 0.2) is 66.1 Å². The Morgan fingerprint density at radius 1 is 1.08 bits per heavy atom. The van der Waals surface area contributed by atoms with Gasteiger partial charge in [0.2, 0.25) is 0 Å². The second-order valence-electron chi connectivity index (χ2n) is 5.16. The number of imide groups is 1. The number of carbonyl (C=O) groups is 2. The maximum atomic E-state index is 12.6. The van der Waals surface area contributed by atoms with E-state index >= 15 is 0 Å². The molecule has 25 heavy (non-hydrogen) atoms. The van der Waals surface area contributed by atoms with E-state index in [1.54, 1.807) is 48.6 Å². The van der Waals surface area contributed by atoms with Gasteiger partial charge in [0.05, 0.1) is 10.6 Å². The molecule has 0 N–H and O–H groups in total. The van der Waals surface area contributed by atoms with Crippen molar-refractivity contribution in [2.24, 2.45) is 0 Å². The lowest BCUT2D eigenvalue weighted by molar-refractivity contribution is -0.113. The van der Waals surface area contributed by atoms with Crippen LogP contribution in [0.2, 0.25) is 5.02 Å². The van der Waals surface area contributed by atoms with Gasteiger partial charge in [-0.15, -0.1) is 0 Å². The molecule has 0 unspecified atom stereocenters. The van der Waals surface area contributed by atoms with Crippen molar-refractivity contribution < 1.29 is 14.3 Å². The summed E-state index contributed by atoms with van der Waals surface area (Å²) in [5, 5.41) is 0.217. The van der Waals surface area contributed by atoms with Crippen molar-refractivity contribution in [1.82, 2.24) is 0 Å². The maximum Gasteiger partial charge on any atom is 0.298 e. The van der Waals surface area contributed by atoms with Crippen LogP contribution in [0.1, 0.15) is 5.56 Å². The summed E-state index contributed by atoms with van der Waals surface area (Å²) in [6.45, 7) is 4.03. The van der Waals surface area contributed by atoms with Gasteiger partial charge in [0.15, 0.2) is 0 Å². The summed E-state index contributed by atoms with van der Waals surface area (Å²) >= 11 is 6.77. The molecule has 1 aliphatic heterocycles. The number of hydrogen-bond donors (Lipinski definition) is 0. The molecule has 0 radical (unpaired) electrons. The number of rotatable bonds is 5. The van der Waals surface area contributed by atoms with E-state index in [2.05, 4.69) is 6.58 Å². The van der Waals surface area contributed by atoms with Crippen LogP contribution < -0.4 is 9.64 Å². The first-order valence-electron chi connectivity index (χ1n) is 7.46. The Balaban J connectivity index is 1.80.